The highest BCUT2D eigenvalue weighted by Crippen LogP contribution is 2.36. The van der Waals surface area contributed by atoms with Crippen LogP contribution in [-0.4, -0.2) is 47.3 Å². The molecule has 0 saturated carbocycles. The van der Waals surface area contributed by atoms with Crippen molar-refractivity contribution in [3.63, 3.8) is 0 Å². The second kappa shape index (κ2) is 5.20. The highest BCUT2D eigenvalue weighted by atomic mass is 16.6. The van der Waals surface area contributed by atoms with Gasteiger partial charge in [0, 0.05) is 31.7 Å². The molecule has 114 valence electrons. The topological polar surface area (TPSA) is 45.7 Å². The Kier molecular flexibility index (Phi) is 3.51. The first-order valence-electron chi connectivity index (χ1n) is 7.58. The molecule has 3 rings (SSSR count). The lowest BCUT2D eigenvalue weighted by Crippen LogP contribution is -2.65. The average Bonchev–Trinajstić information content (AvgIpc) is 2.39. The van der Waals surface area contributed by atoms with Crippen molar-refractivity contribution >= 4 is 11.8 Å². The monoisotopic (exact) mass is 289 g/mol. The normalized spacial score (nSPS) is 25.1. The maximum absolute atomic E-state index is 12.2. The number of hydrogen-bond donors (Lipinski definition) is 0. The minimum Gasteiger partial charge on any atom is -0.444 e. The van der Waals surface area contributed by atoms with Crippen molar-refractivity contribution in [2.45, 2.75) is 38.8 Å². The van der Waals surface area contributed by atoms with Crippen LogP contribution in [0.4, 0.5) is 10.5 Å². The van der Waals surface area contributed by atoms with Gasteiger partial charge in [-0.3, -0.25) is 4.98 Å². The standard InChI is InChI=1S/C16H23N3O2/c1-16(2,3)21-15(20)18-8-6-12-10-19(14(12)11-18)13-5-4-7-17-9-13/h4-5,7,9,12,14H,6,8,10-11H2,1-3H3/t12-,14-/m1/s1. The minimum absolute atomic E-state index is 0.195. The number of aromatic nitrogens is 1. The number of rotatable bonds is 1. The SMILES string of the molecule is CC(C)(C)OC(=O)N1CC[C@@H]2CN(c3cccnc3)[C@@H]2C1. The molecule has 0 aromatic carbocycles. The zero-order valence-electron chi connectivity index (χ0n) is 13.0. The molecular formula is C16H23N3O2. The quantitative estimate of drug-likeness (QED) is 0.797. The first-order valence-corrected chi connectivity index (χ1v) is 7.58. The number of ether oxygens (including phenoxy) is 1. The van der Waals surface area contributed by atoms with Gasteiger partial charge in [-0.25, -0.2) is 4.79 Å². The summed E-state index contributed by atoms with van der Waals surface area (Å²) in [5.41, 5.74) is 0.709. The van der Waals surface area contributed by atoms with Gasteiger partial charge < -0.3 is 14.5 Å². The molecule has 1 aromatic rings. The smallest absolute Gasteiger partial charge is 0.410 e. The molecule has 2 saturated heterocycles. The van der Waals surface area contributed by atoms with Gasteiger partial charge >= 0.3 is 6.09 Å². The highest BCUT2D eigenvalue weighted by molar-refractivity contribution is 5.68. The molecule has 0 N–H and O–H groups in total. The third-order valence-electron chi connectivity index (χ3n) is 4.18. The Hall–Kier alpha value is -1.78. The van der Waals surface area contributed by atoms with Gasteiger partial charge in [-0.05, 0) is 39.3 Å². The summed E-state index contributed by atoms with van der Waals surface area (Å²) < 4.78 is 5.48. The van der Waals surface area contributed by atoms with Crippen LogP contribution in [0.2, 0.25) is 0 Å². The molecule has 0 bridgehead atoms. The van der Waals surface area contributed by atoms with E-state index in [0.29, 0.717) is 12.0 Å². The van der Waals surface area contributed by atoms with Gasteiger partial charge in [0.15, 0.2) is 0 Å². The summed E-state index contributed by atoms with van der Waals surface area (Å²) in [5, 5.41) is 0. The van der Waals surface area contributed by atoms with Gasteiger partial charge in [0.05, 0.1) is 17.9 Å². The first kappa shape index (κ1) is 14.2. The molecule has 2 aliphatic rings. The lowest BCUT2D eigenvalue weighted by molar-refractivity contribution is 0.0107. The van der Waals surface area contributed by atoms with Crippen LogP contribution in [0.1, 0.15) is 27.2 Å². The summed E-state index contributed by atoms with van der Waals surface area (Å²) in [7, 11) is 0. The van der Waals surface area contributed by atoms with Crippen LogP contribution in [-0.2, 0) is 4.74 Å². The van der Waals surface area contributed by atoms with Gasteiger partial charge in [0.25, 0.3) is 0 Å². The van der Waals surface area contributed by atoms with Crippen LogP contribution >= 0.6 is 0 Å². The molecule has 1 aromatic heterocycles. The van der Waals surface area contributed by atoms with E-state index in [1.807, 2.05) is 37.9 Å². The summed E-state index contributed by atoms with van der Waals surface area (Å²) in [6, 6.07) is 4.43. The van der Waals surface area contributed by atoms with Crippen molar-refractivity contribution in [2.75, 3.05) is 24.5 Å². The summed E-state index contributed by atoms with van der Waals surface area (Å²) in [4.78, 5) is 20.6. The Morgan fingerprint density at radius 1 is 1.38 bits per heavy atom. The van der Waals surface area contributed by atoms with Gasteiger partial charge in [-0.2, -0.15) is 0 Å². The fourth-order valence-electron chi connectivity index (χ4n) is 3.11. The molecule has 2 atom stereocenters. The summed E-state index contributed by atoms with van der Waals surface area (Å²) >= 11 is 0. The van der Waals surface area contributed by atoms with Crippen molar-refractivity contribution in [3.05, 3.63) is 24.5 Å². The van der Waals surface area contributed by atoms with Gasteiger partial charge in [0.2, 0.25) is 0 Å². The summed E-state index contributed by atoms with van der Waals surface area (Å²) in [5.74, 6) is 0.684. The predicted molar refractivity (Wildman–Crippen MR) is 81.3 cm³/mol. The number of likely N-dealkylation sites (tertiary alicyclic amines) is 1. The van der Waals surface area contributed by atoms with Crippen LogP contribution in [0.15, 0.2) is 24.5 Å². The van der Waals surface area contributed by atoms with Crippen LogP contribution < -0.4 is 4.90 Å². The van der Waals surface area contributed by atoms with E-state index in [4.69, 9.17) is 4.74 Å². The summed E-state index contributed by atoms with van der Waals surface area (Å²) in [6.45, 7) is 8.33. The fraction of sp³-hybridized carbons (Fsp3) is 0.625. The number of carbonyl (C=O) groups is 1. The Morgan fingerprint density at radius 3 is 2.86 bits per heavy atom. The van der Waals surface area contributed by atoms with Gasteiger partial charge in [0.1, 0.15) is 5.60 Å². The molecule has 2 aliphatic heterocycles. The zero-order chi connectivity index (χ0) is 15.0. The third kappa shape index (κ3) is 2.96. The average molecular weight is 289 g/mol. The van der Waals surface area contributed by atoms with E-state index in [9.17, 15) is 4.79 Å². The highest BCUT2D eigenvalue weighted by Gasteiger charge is 2.44. The van der Waals surface area contributed by atoms with Crippen LogP contribution in [0.3, 0.4) is 0 Å². The molecule has 0 unspecified atom stereocenters. The number of piperidine rings is 1. The van der Waals surface area contributed by atoms with E-state index in [1.165, 1.54) is 0 Å². The van der Waals surface area contributed by atoms with E-state index in [0.717, 1.165) is 31.7 Å². The largest absolute Gasteiger partial charge is 0.444 e. The van der Waals surface area contributed by atoms with Crippen LogP contribution in [0.5, 0.6) is 0 Å². The first-order chi connectivity index (χ1) is 9.94. The Morgan fingerprint density at radius 2 is 2.19 bits per heavy atom. The molecule has 3 heterocycles. The summed E-state index contributed by atoms with van der Waals surface area (Å²) in [6.07, 6.45) is 4.54. The Balaban J connectivity index is 1.64. The lowest BCUT2D eigenvalue weighted by Gasteiger charge is -2.54. The van der Waals surface area contributed by atoms with Crippen LogP contribution in [0.25, 0.3) is 0 Å². The number of fused-ring (bicyclic) bond motifs is 1. The minimum atomic E-state index is -0.434. The van der Waals surface area contributed by atoms with E-state index < -0.39 is 5.60 Å². The maximum Gasteiger partial charge on any atom is 0.410 e. The van der Waals surface area contributed by atoms with E-state index in [1.54, 1.807) is 6.20 Å². The van der Waals surface area contributed by atoms with Crippen molar-refractivity contribution in [3.8, 4) is 0 Å². The second-order valence-electron chi connectivity index (χ2n) is 6.91. The Labute approximate surface area is 125 Å². The lowest BCUT2D eigenvalue weighted by atomic mass is 9.82. The number of anilines is 1. The Bertz CT molecular complexity index is 512. The number of hydrogen-bond acceptors (Lipinski definition) is 4. The maximum atomic E-state index is 12.2. The molecule has 0 radical (unpaired) electrons. The second-order valence-corrected chi connectivity index (χ2v) is 6.91. The van der Waals surface area contributed by atoms with E-state index in [-0.39, 0.29) is 6.09 Å². The van der Waals surface area contributed by atoms with Crippen molar-refractivity contribution in [1.29, 1.82) is 0 Å². The van der Waals surface area contributed by atoms with E-state index in [2.05, 4.69) is 16.0 Å². The number of pyridine rings is 1. The third-order valence-corrected chi connectivity index (χ3v) is 4.18. The van der Waals surface area contributed by atoms with E-state index >= 15 is 0 Å². The molecule has 5 nitrogen and oxygen atoms in total. The zero-order valence-corrected chi connectivity index (χ0v) is 13.0. The van der Waals surface area contributed by atoms with Gasteiger partial charge in [-0.1, -0.05) is 0 Å². The predicted octanol–water partition coefficient (Wildman–Crippen LogP) is 2.53. The molecular weight excluding hydrogens is 266 g/mol. The van der Waals surface area contributed by atoms with Crippen molar-refractivity contribution in [1.82, 2.24) is 9.88 Å². The van der Waals surface area contributed by atoms with Gasteiger partial charge in [-0.15, -0.1) is 0 Å². The van der Waals surface area contributed by atoms with Crippen LogP contribution in [0, 0.1) is 5.92 Å². The molecule has 5 heteroatoms. The van der Waals surface area contributed by atoms with Crippen molar-refractivity contribution in [2.24, 2.45) is 5.92 Å². The van der Waals surface area contributed by atoms with Crippen molar-refractivity contribution < 1.29 is 9.53 Å². The molecule has 1 amide bonds. The molecule has 21 heavy (non-hydrogen) atoms. The number of carbonyl (C=O) groups excluding carboxylic acids is 1. The number of nitrogens with zero attached hydrogens (tertiary/aromatic N) is 3. The fourth-order valence-corrected chi connectivity index (χ4v) is 3.11. The molecule has 0 aliphatic carbocycles. The molecule has 2 fully saturated rings. The molecule has 0 spiro atoms. The number of amides is 1.